The van der Waals surface area contributed by atoms with Gasteiger partial charge >= 0.3 is 0 Å². The molecule has 0 saturated carbocycles. The van der Waals surface area contributed by atoms with Crippen LogP contribution in [0.5, 0.6) is 5.75 Å². The van der Waals surface area contributed by atoms with Crippen LogP contribution in [0, 0.1) is 5.92 Å². The van der Waals surface area contributed by atoms with E-state index in [2.05, 4.69) is 29.0 Å². The van der Waals surface area contributed by atoms with Gasteiger partial charge in [-0.3, -0.25) is 4.79 Å². The standard InChI is InChI=1S/C14H20IO3P/c1-11(10-18-19-15)9-13(16)6-3-12-4-7-14(17-2)8-5-12/h4-5,7-8,11,19H,3,6,9-10H2,1-2H3. The molecule has 0 aliphatic rings. The molecule has 0 radical (unpaired) electrons. The topological polar surface area (TPSA) is 35.5 Å². The molecule has 0 amide bonds. The first-order chi connectivity index (χ1) is 9.15. The molecule has 0 saturated heterocycles. The summed E-state index contributed by atoms with van der Waals surface area (Å²) >= 11 is 2.19. The lowest BCUT2D eigenvalue weighted by Gasteiger charge is -2.09. The van der Waals surface area contributed by atoms with Crippen molar-refractivity contribution in [1.29, 1.82) is 0 Å². The maximum absolute atomic E-state index is 11.8. The van der Waals surface area contributed by atoms with Gasteiger partial charge in [-0.2, -0.15) is 0 Å². The third-order valence-electron chi connectivity index (χ3n) is 2.85. The molecular formula is C14H20IO3P. The van der Waals surface area contributed by atoms with E-state index in [0.717, 1.165) is 12.2 Å². The number of hydrogen-bond donors (Lipinski definition) is 0. The molecule has 0 spiro atoms. The van der Waals surface area contributed by atoms with Gasteiger partial charge in [0.1, 0.15) is 11.5 Å². The number of methoxy groups -OCH3 is 1. The minimum absolute atomic E-state index is 0.309. The van der Waals surface area contributed by atoms with E-state index < -0.39 is 0 Å². The number of rotatable bonds is 9. The maximum atomic E-state index is 11.8. The Bertz CT molecular complexity index is 381. The molecule has 0 aliphatic carbocycles. The van der Waals surface area contributed by atoms with Gasteiger partial charge in [-0.05, 0) is 52.1 Å². The van der Waals surface area contributed by atoms with Gasteiger partial charge in [0.25, 0.3) is 0 Å². The van der Waals surface area contributed by atoms with Gasteiger partial charge in [-0.1, -0.05) is 19.1 Å². The summed E-state index contributed by atoms with van der Waals surface area (Å²) in [6.07, 6.45) is 2.00. The Morgan fingerprint density at radius 1 is 1.37 bits per heavy atom. The molecule has 0 N–H and O–H groups in total. The molecule has 3 nitrogen and oxygen atoms in total. The molecule has 19 heavy (non-hydrogen) atoms. The number of benzene rings is 1. The molecule has 1 aromatic carbocycles. The van der Waals surface area contributed by atoms with Crippen LogP contribution < -0.4 is 4.74 Å². The lowest BCUT2D eigenvalue weighted by atomic mass is 10.0. The van der Waals surface area contributed by atoms with Crippen molar-refractivity contribution in [2.45, 2.75) is 26.2 Å². The number of ether oxygens (including phenoxy) is 1. The number of carbonyl (C=O) groups excluding carboxylic acids is 1. The van der Waals surface area contributed by atoms with E-state index in [1.54, 1.807) is 7.11 Å². The highest BCUT2D eigenvalue weighted by Gasteiger charge is 2.09. The van der Waals surface area contributed by atoms with Gasteiger partial charge in [0.05, 0.1) is 20.2 Å². The van der Waals surface area contributed by atoms with Crippen LogP contribution in [0.3, 0.4) is 0 Å². The highest BCUT2D eigenvalue weighted by atomic mass is 127. The lowest BCUT2D eigenvalue weighted by molar-refractivity contribution is -0.120. The van der Waals surface area contributed by atoms with E-state index in [1.807, 2.05) is 24.3 Å². The summed E-state index contributed by atoms with van der Waals surface area (Å²) in [5.74, 6) is 1.47. The third kappa shape index (κ3) is 7.23. The molecule has 1 aromatic rings. The number of ketones is 1. The minimum atomic E-state index is 0.309. The molecule has 2 unspecified atom stereocenters. The zero-order valence-corrected chi connectivity index (χ0v) is 14.5. The second kappa shape index (κ2) is 9.67. The van der Waals surface area contributed by atoms with Crippen LogP contribution in [0.25, 0.3) is 0 Å². The maximum Gasteiger partial charge on any atom is 0.133 e. The van der Waals surface area contributed by atoms with Crippen molar-refractivity contribution < 1.29 is 14.1 Å². The Kier molecular flexibility index (Phi) is 8.58. The van der Waals surface area contributed by atoms with Crippen molar-refractivity contribution in [1.82, 2.24) is 0 Å². The molecule has 5 heteroatoms. The molecule has 0 aliphatic heterocycles. The number of Topliss-reactive ketones (excluding diaryl/α,β-unsaturated/α-hetero) is 1. The zero-order valence-electron chi connectivity index (χ0n) is 11.3. The van der Waals surface area contributed by atoms with Crippen molar-refractivity contribution in [2.75, 3.05) is 13.7 Å². The molecule has 0 bridgehead atoms. The van der Waals surface area contributed by atoms with Crippen LogP contribution >= 0.6 is 28.5 Å². The fourth-order valence-electron chi connectivity index (χ4n) is 1.80. The summed E-state index contributed by atoms with van der Waals surface area (Å²) in [4.78, 5) is 11.8. The summed E-state index contributed by atoms with van der Waals surface area (Å²) < 4.78 is 10.4. The number of halogens is 1. The Balaban J connectivity index is 2.28. The van der Waals surface area contributed by atoms with E-state index in [1.165, 1.54) is 5.56 Å². The highest BCUT2D eigenvalue weighted by Crippen LogP contribution is 2.23. The average molecular weight is 394 g/mol. The minimum Gasteiger partial charge on any atom is -0.497 e. The molecular weight excluding hydrogens is 374 g/mol. The quantitative estimate of drug-likeness (QED) is 0.466. The Morgan fingerprint density at radius 2 is 2.05 bits per heavy atom. The van der Waals surface area contributed by atoms with Crippen molar-refractivity contribution in [3.63, 3.8) is 0 Å². The van der Waals surface area contributed by atoms with Crippen LogP contribution in [0.2, 0.25) is 0 Å². The summed E-state index contributed by atoms with van der Waals surface area (Å²) in [5, 5.41) is 0. The van der Waals surface area contributed by atoms with E-state index >= 15 is 0 Å². The zero-order chi connectivity index (χ0) is 14.1. The molecule has 0 fully saturated rings. The summed E-state index contributed by atoms with van der Waals surface area (Å²) in [6.45, 7) is 3.20. The summed E-state index contributed by atoms with van der Waals surface area (Å²) in [6, 6.07) is 7.88. The summed E-state index contributed by atoms with van der Waals surface area (Å²) in [5.41, 5.74) is 1.17. The third-order valence-corrected chi connectivity index (χ3v) is 4.06. The van der Waals surface area contributed by atoms with Crippen molar-refractivity contribution in [3.8, 4) is 5.75 Å². The molecule has 106 valence electrons. The fraction of sp³-hybridized carbons (Fsp3) is 0.500. The predicted octanol–water partition coefficient (Wildman–Crippen LogP) is 4.18. The van der Waals surface area contributed by atoms with Gasteiger partial charge in [0.2, 0.25) is 0 Å². The average Bonchev–Trinajstić information content (AvgIpc) is 2.43. The van der Waals surface area contributed by atoms with Crippen LogP contribution in [0.1, 0.15) is 25.3 Å². The fourth-order valence-corrected chi connectivity index (χ4v) is 2.69. The predicted molar refractivity (Wildman–Crippen MR) is 88.4 cm³/mol. The molecule has 0 aromatic heterocycles. The first kappa shape index (κ1) is 16.9. The van der Waals surface area contributed by atoms with Crippen molar-refractivity contribution in [2.24, 2.45) is 5.92 Å². The van der Waals surface area contributed by atoms with E-state index in [9.17, 15) is 4.79 Å². The van der Waals surface area contributed by atoms with Crippen LogP contribution in [0.15, 0.2) is 24.3 Å². The Morgan fingerprint density at radius 3 is 2.63 bits per heavy atom. The SMILES string of the molecule is COc1ccc(CCC(=O)CC(C)COPI)cc1. The lowest BCUT2D eigenvalue weighted by Crippen LogP contribution is -2.10. The van der Waals surface area contributed by atoms with Crippen molar-refractivity contribution >= 4 is 34.3 Å². The van der Waals surface area contributed by atoms with E-state index in [0.29, 0.717) is 37.6 Å². The number of aryl methyl sites for hydroxylation is 1. The van der Waals surface area contributed by atoms with E-state index in [4.69, 9.17) is 9.26 Å². The first-order valence-corrected chi connectivity index (χ1v) is 10.3. The van der Waals surface area contributed by atoms with E-state index in [-0.39, 0.29) is 0 Å². The highest BCUT2D eigenvalue weighted by molar-refractivity contribution is 14.2. The monoisotopic (exact) mass is 394 g/mol. The largest absolute Gasteiger partial charge is 0.497 e. The van der Waals surface area contributed by atoms with Gasteiger partial charge in [0.15, 0.2) is 0 Å². The van der Waals surface area contributed by atoms with Crippen LogP contribution in [-0.4, -0.2) is 19.5 Å². The first-order valence-electron chi connectivity index (χ1n) is 6.27. The van der Waals surface area contributed by atoms with Crippen LogP contribution in [0.4, 0.5) is 0 Å². The van der Waals surface area contributed by atoms with Gasteiger partial charge in [-0.25, -0.2) is 0 Å². The van der Waals surface area contributed by atoms with Gasteiger partial charge in [0, 0.05) is 12.8 Å². The Hall–Kier alpha value is -0.190. The second-order valence-corrected chi connectivity index (χ2v) is 6.35. The molecule has 1 rings (SSSR count). The second-order valence-electron chi connectivity index (χ2n) is 4.58. The Labute approximate surface area is 129 Å². The molecule has 2 atom stereocenters. The number of carbonyl (C=O) groups is 1. The summed E-state index contributed by atoms with van der Waals surface area (Å²) in [7, 11) is 1.65. The smallest absolute Gasteiger partial charge is 0.133 e. The van der Waals surface area contributed by atoms with Crippen molar-refractivity contribution in [3.05, 3.63) is 29.8 Å². The normalized spacial score (nSPS) is 12.8. The molecule has 0 heterocycles. The number of hydrogen-bond acceptors (Lipinski definition) is 3. The van der Waals surface area contributed by atoms with Gasteiger partial charge < -0.3 is 9.26 Å². The van der Waals surface area contributed by atoms with Gasteiger partial charge in [-0.15, -0.1) is 0 Å². The van der Waals surface area contributed by atoms with Crippen LogP contribution in [-0.2, 0) is 15.7 Å².